The number of rotatable bonds is 3. The average molecular weight is 450 g/mol. The van der Waals surface area contributed by atoms with Crippen molar-refractivity contribution in [1.29, 1.82) is 0 Å². The Morgan fingerprint density at radius 1 is 0.929 bits per heavy atom. The second-order valence-corrected chi connectivity index (χ2v) is 6.98. The first-order valence-electron chi connectivity index (χ1n) is 8.03. The predicted octanol–water partition coefficient (Wildman–Crippen LogP) is 5.69. The Balaban J connectivity index is 0. The van der Waals surface area contributed by atoms with Crippen molar-refractivity contribution in [3.63, 3.8) is 0 Å². The molecule has 0 aliphatic rings. The third-order valence-electron chi connectivity index (χ3n) is 2.68. The number of hydrogen-bond donors (Lipinski definition) is 2. The normalized spacial score (nSPS) is 9.32. The number of hydrogen-bond acceptors (Lipinski definition) is 5. The van der Waals surface area contributed by atoms with Crippen LogP contribution in [0.4, 0.5) is 11.6 Å². The maximum Gasteiger partial charge on any atom is 0.228 e. The summed E-state index contributed by atoms with van der Waals surface area (Å²) >= 11 is 16.1. The van der Waals surface area contributed by atoms with Crippen LogP contribution in [0.15, 0.2) is 36.4 Å². The molecule has 1 amide bonds. The summed E-state index contributed by atoms with van der Waals surface area (Å²) in [7, 11) is 0. The topological polar surface area (TPSA) is 98.0 Å². The molecule has 2 heterocycles. The molecule has 156 valence electrons. The number of anilines is 2. The average Bonchev–Trinajstić information content (AvgIpc) is 2.55. The summed E-state index contributed by atoms with van der Waals surface area (Å²) in [5, 5.41) is 3.19. The Morgan fingerprint density at radius 2 is 1.39 bits per heavy atom. The first-order chi connectivity index (χ1) is 12.5. The fraction of sp³-hybridized carbons (Fsp3) is 0.368. The van der Waals surface area contributed by atoms with Crippen LogP contribution in [0.2, 0.25) is 10.3 Å². The van der Waals surface area contributed by atoms with Gasteiger partial charge in [-0.2, -0.15) is 0 Å². The van der Waals surface area contributed by atoms with Gasteiger partial charge in [0.2, 0.25) is 11.1 Å². The highest BCUT2D eigenvalue weighted by atomic mass is 35.5. The van der Waals surface area contributed by atoms with Gasteiger partial charge in [-0.25, -0.2) is 9.97 Å². The second-order valence-electron chi connectivity index (χ2n) is 5.83. The van der Waals surface area contributed by atoms with E-state index in [4.69, 9.17) is 40.5 Å². The SMILES string of the molecule is C.CC(C)C(=O)Cl.CC(C)C(=O)Nc1cccc(Cl)n1.Nc1cccc(Cl)n1. The molecule has 9 heteroatoms. The van der Waals surface area contributed by atoms with Crippen molar-refractivity contribution in [2.45, 2.75) is 35.1 Å². The van der Waals surface area contributed by atoms with E-state index in [0.29, 0.717) is 21.9 Å². The maximum atomic E-state index is 11.2. The van der Waals surface area contributed by atoms with Crippen LogP contribution >= 0.6 is 34.8 Å². The molecule has 2 rings (SSSR count). The van der Waals surface area contributed by atoms with E-state index in [1.165, 1.54) is 0 Å². The molecule has 6 nitrogen and oxygen atoms in total. The summed E-state index contributed by atoms with van der Waals surface area (Å²) in [5.74, 6) is 0.811. The molecule has 28 heavy (non-hydrogen) atoms. The largest absolute Gasteiger partial charge is 0.384 e. The molecule has 0 unspecified atom stereocenters. The third kappa shape index (κ3) is 14.2. The van der Waals surface area contributed by atoms with Crippen LogP contribution < -0.4 is 11.1 Å². The van der Waals surface area contributed by atoms with E-state index in [0.717, 1.165) is 0 Å². The molecule has 3 N–H and O–H groups in total. The molecule has 0 bridgehead atoms. The van der Waals surface area contributed by atoms with E-state index < -0.39 is 0 Å². The zero-order chi connectivity index (χ0) is 21.0. The number of pyridine rings is 2. The minimum Gasteiger partial charge on any atom is -0.384 e. The van der Waals surface area contributed by atoms with Gasteiger partial charge in [0.05, 0.1) is 0 Å². The summed E-state index contributed by atoms with van der Waals surface area (Å²) in [4.78, 5) is 28.8. The monoisotopic (exact) mass is 448 g/mol. The van der Waals surface area contributed by atoms with Gasteiger partial charge in [-0.05, 0) is 35.9 Å². The second kappa shape index (κ2) is 15.1. The van der Waals surface area contributed by atoms with Crippen LogP contribution in [0.1, 0.15) is 35.1 Å². The summed E-state index contributed by atoms with van der Waals surface area (Å²) in [6.07, 6.45) is 0. The van der Waals surface area contributed by atoms with E-state index in [1.807, 2.05) is 13.8 Å². The van der Waals surface area contributed by atoms with Crippen LogP contribution in [0.25, 0.3) is 0 Å². The summed E-state index contributed by atoms with van der Waals surface area (Å²) < 4.78 is 0. The summed E-state index contributed by atoms with van der Waals surface area (Å²) in [5.41, 5.74) is 5.26. The van der Waals surface area contributed by atoms with E-state index >= 15 is 0 Å². The van der Waals surface area contributed by atoms with Crippen molar-refractivity contribution in [2.24, 2.45) is 11.8 Å². The Kier molecular flexibility index (Phi) is 15.3. The number of carbonyl (C=O) groups excluding carboxylic acids is 2. The zero-order valence-electron chi connectivity index (χ0n) is 15.5. The van der Waals surface area contributed by atoms with Crippen LogP contribution in [0.5, 0.6) is 0 Å². The van der Waals surface area contributed by atoms with Crippen LogP contribution in [0, 0.1) is 11.8 Å². The molecular weight excluding hydrogens is 423 g/mol. The molecule has 0 aromatic carbocycles. The first-order valence-corrected chi connectivity index (χ1v) is 9.17. The number of amides is 1. The number of halogens is 3. The highest BCUT2D eigenvalue weighted by molar-refractivity contribution is 6.63. The number of nitrogens with one attached hydrogen (secondary N) is 1. The molecule has 0 aliphatic carbocycles. The zero-order valence-corrected chi connectivity index (χ0v) is 17.8. The summed E-state index contributed by atoms with van der Waals surface area (Å²) in [6, 6.07) is 10.2. The Hall–Kier alpha value is -1.89. The fourth-order valence-corrected chi connectivity index (χ4v) is 1.51. The van der Waals surface area contributed by atoms with E-state index in [2.05, 4.69) is 15.3 Å². The minimum absolute atomic E-state index is 0. The smallest absolute Gasteiger partial charge is 0.228 e. The van der Waals surface area contributed by atoms with Crippen molar-refractivity contribution >= 4 is 57.6 Å². The molecule has 0 fully saturated rings. The number of nitrogen functional groups attached to an aromatic ring is 1. The van der Waals surface area contributed by atoms with E-state index in [-0.39, 0.29) is 30.4 Å². The minimum atomic E-state index is -0.269. The van der Waals surface area contributed by atoms with Gasteiger partial charge in [0.1, 0.15) is 21.9 Å². The molecule has 2 aromatic heterocycles. The Bertz CT molecular complexity index is 723. The Labute approximate surface area is 181 Å². The third-order valence-corrected chi connectivity index (χ3v) is 3.54. The quantitative estimate of drug-likeness (QED) is 0.463. The van der Waals surface area contributed by atoms with Crippen molar-refractivity contribution in [3.05, 3.63) is 46.7 Å². The highest BCUT2D eigenvalue weighted by Gasteiger charge is 2.07. The predicted molar refractivity (Wildman–Crippen MR) is 119 cm³/mol. The number of nitrogens with two attached hydrogens (primary N) is 1. The molecule has 0 atom stereocenters. The lowest BCUT2D eigenvalue weighted by Gasteiger charge is -2.06. The molecule has 2 aromatic rings. The van der Waals surface area contributed by atoms with Gasteiger partial charge in [-0.3, -0.25) is 9.59 Å². The van der Waals surface area contributed by atoms with Crippen LogP contribution in [-0.4, -0.2) is 21.1 Å². The van der Waals surface area contributed by atoms with Crippen molar-refractivity contribution in [3.8, 4) is 0 Å². The molecular formula is C19H27Cl3N4O2. The van der Waals surface area contributed by atoms with Gasteiger partial charge < -0.3 is 11.1 Å². The van der Waals surface area contributed by atoms with Crippen LogP contribution in [-0.2, 0) is 9.59 Å². The van der Waals surface area contributed by atoms with Gasteiger partial charge >= 0.3 is 0 Å². The lowest BCUT2D eigenvalue weighted by Crippen LogP contribution is -2.18. The standard InChI is InChI=1S/C9H11ClN2O.C5H5ClN2.C4H7ClO.CH4/c1-6(2)9(13)12-8-5-3-4-7(10)11-8;6-4-2-1-3-5(7)8-4;1-3(2)4(5)6;/h3-6H,1-2H3,(H,11,12,13);1-3H,(H2,7,8);3H,1-2H3;1H4. The van der Waals surface area contributed by atoms with Crippen molar-refractivity contribution in [2.75, 3.05) is 11.1 Å². The first kappa shape index (κ1) is 28.3. The number of aromatic nitrogens is 2. The molecule has 0 radical (unpaired) electrons. The highest BCUT2D eigenvalue weighted by Crippen LogP contribution is 2.10. The summed E-state index contributed by atoms with van der Waals surface area (Å²) in [6.45, 7) is 7.16. The van der Waals surface area contributed by atoms with Gasteiger partial charge in [-0.1, -0.05) is 70.5 Å². The van der Waals surface area contributed by atoms with Gasteiger partial charge in [0.15, 0.2) is 0 Å². The molecule has 0 aliphatic heterocycles. The lowest BCUT2D eigenvalue weighted by atomic mass is 10.2. The van der Waals surface area contributed by atoms with Gasteiger partial charge in [0, 0.05) is 11.8 Å². The molecule has 0 saturated carbocycles. The van der Waals surface area contributed by atoms with Crippen LogP contribution in [0.3, 0.4) is 0 Å². The van der Waals surface area contributed by atoms with E-state index in [9.17, 15) is 9.59 Å². The van der Waals surface area contributed by atoms with Gasteiger partial charge in [0.25, 0.3) is 0 Å². The fourth-order valence-electron chi connectivity index (χ4n) is 1.17. The Morgan fingerprint density at radius 3 is 1.71 bits per heavy atom. The van der Waals surface area contributed by atoms with E-state index in [1.54, 1.807) is 50.2 Å². The van der Waals surface area contributed by atoms with Crippen molar-refractivity contribution in [1.82, 2.24) is 9.97 Å². The van der Waals surface area contributed by atoms with Crippen molar-refractivity contribution < 1.29 is 9.59 Å². The maximum absolute atomic E-state index is 11.2. The molecule has 0 spiro atoms. The lowest BCUT2D eigenvalue weighted by molar-refractivity contribution is -0.119. The van der Waals surface area contributed by atoms with Gasteiger partial charge in [-0.15, -0.1) is 0 Å². The number of nitrogens with zero attached hydrogens (tertiary/aromatic N) is 2. The molecule has 0 saturated heterocycles. The number of carbonyl (C=O) groups is 2.